The lowest BCUT2D eigenvalue weighted by Crippen LogP contribution is -2.45. The molecule has 0 aliphatic carbocycles. The number of amides is 1. The van der Waals surface area contributed by atoms with Gasteiger partial charge in [0, 0.05) is 30.6 Å². The highest BCUT2D eigenvalue weighted by Crippen LogP contribution is 2.09. The second-order valence-electron chi connectivity index (χ2n) is 5.72. The van der Waals surface area contributed by atoms with Crippen molar-refractivity contribution in [3.63, 3.8) is 0 Å². The maximum atomic E-state index is 11.8. The van der Waals surface area contributed by atoms with Gasteiger partial charge in [-0.25, -0.2) is 0 Å². The van der Waals surface area contributed by atoms with Gasteiger partial charge in [0.25, 0.3) is 5.91 Å². The molecule has 0 saturated heterocycles. The molecule has 1 rings (SSSR count). The Morgan fingerprint density at radius 1 is 1.47 bits per heavy atom. The van der Waals surface area contributed by atoms with Crippen LogP contribution in [0.5, 0.6) is 0 Å². The lowest BCUT2D eigenvalue weighted by atomic mass is 9.99. The van der Waals surface area contributed by atoms with Crippen molar-refractivity contribution in [2.75, 3.05) is 6.54 Å². The van der Waals surface area contributed by atoms with Gasteiger partial charge in [0.2, 0.25) is 0 Å². The number of aryl methyl sites for hydroxylation is 1. The summed E-state index contributed by atoms with van der Waals surface area (Å²) < 4.78 is 5.01. The number of hydrogen-bond acceptors (Lipinski definition) is 4. The summed E-state index contributed by atoms with van der Waals surface area (Å²) in [4.78, 5) is 11.8. The van der Waals surface area contributed by atoms with Crippen LogP contribution in [0.25, 0.3) is 0 Å². The van der Waals surface area contributed by atoms with Crippen molar-refractivity contribution in [3.8, 4) is 0 Å². The van der Waals surface area contributed by atoms with Crippen LogP contribution in [0.4, 0.5) is 0 Å². The zero-order chi connectivity index (χ0) is 14.5. The minimum atomic E-state index is -0.177. The average Bonchev–Trinajstić information content (AvgIpc) is 2.75. The first-order valence-electron chi connectivity index (χ1n) is 6.85. The molecule has 0 saturated carbocycles. The third-order valence-electron chi connectivity index (χ3n) is 2.86. The van der Waals surface area contributed by atoms with E-state index in [-0.39, 0.29) is 11.4 Å². The maximum absolute atomic E-state index is 11.8. The van der Waals surface area contributed by atoms with E-state index in [9.17, 15) is 4.79 Å². The molecule has 0 unspecified atom stereocenters. The van der Waals surface area contributed by atoms with Crippen molar-refractivity contribution in [2.45, 2.75) is 59.0 Å². The molecule has 0 aliphatic heterocycles. The van der Waals surface area contributed by atoms with E-state index in [4.69, 9.17) is 4.52 Å². The van der Waals surface area contributed by atoms with Crippen LogP contribution in [0.15, 0.2) is 10.6 Å². The Bertz CT molecular complexity index is 411. The van der Waals surface area contributed by atoms with Crippen molar-refractivity contribution in [1.29, 1.82) is 0 Å². The van der Waals surface area contributed by atoms with E-state index in [1.54, 1.807) is 6.07 Å². The zero-order valence-corrected chi connectivity index (χ0v) is 12.5. The monoisotopic (exact) mass is 267 g/mol. The minimum absolute atomic E-state index is 0.000148. The Morgan fingerprint density at radius 2 is 2.16 bits per heavy atom. The molecule has 0 fully saturated rings. The van der Waals surface area contributed by atoms with Gasteiger partial charge in [0.1, 0.15) is 5.76 Å². The van der Waals surface area contributed by atoms with Crippen LogP contribution in [0.3, 0.4) is 0 Å². The van der Waals surface area contributed by atoms with Crippen LogP contribution in [0.1, 0.15) is 57.3 Å². The SMILES string of the molecule is CCc1cc(C(=O)NCCC(C)(C)NC(C)C)no1. The van der Waals surface area contributed by atoms with Crippen molar-refractivity contribution in [3.05, 3.63) is 17.5 Å². The molecule has 5 heteroatoms. The predicted octanol–water partition coefficient (Wildman–Crippen LogP) is 2.13. The fraction of sp³-hybridized carbons (Fsp3) is 0.714. The Kier molecular flexibility index (Phi) is 5.54. The van der Waals surface area contributed by atoms with Gasteiger partial charge >= 0.3 is 0 Å². The van der Waals surface area contributed by atoms with Crippen molar-refractivity contribution < 1.29 is 9.32 Å². The molecule has 2 N–H and O–H groups in total. The first-order chi connectivity index (χ1) is 8.84. The first-order valence-corrected chi connectivity index (χ1v) is 6.85. The van der Waals surface area contributed by atoms with E-state index in [0.717, 1.165) is 18.6 Å². The van der Waals surface area contributed by atoms with Crippen molar-refractivity contribution in [2.24, 2.45) is 0 Å². The van der Waals surface area contributed by atoms with Crippen LogP contribution < -0.4 is 10.6 Å². The number of nitrogens with zero attached hydrogens (tertiary/aromatic N) is 1. The Hall–Kier alpha value is -1.36. The number of carbonyl (C=O) groups excluding carboxylic acids is 1. The summed E-state index contributed by atoms with van der Waals surface area (Å²) in [7, 11) is 0. The van der Waals surface area contributed by atoms with E-state index < -0.39 is 0 Å². The zero-order valence-electron chi connectivity index (χ0n) is 12.5. The fourth-order valence-electron chi connectivity index (χ4n) is 2.02. The van der Waals surface area contributed by atoms with Gasteiger partial charge in [-0.05, 0) is 20.3 Å². The summed E-state index contributed by atoms with van der Waals surface area (Å²) in [6.45, 7) is 11.1. The molecule has 0 spiro atoms. The van der Waals surface area contributed by atoms with Gasteiger partial charge < -0.3 is 15.2 Å². The van der Waals surface area contributed by atoms with E-state index in [1.165, 1.54) is 0 Å². The normalized spacial score (nSPS) is 11.9. The summed E-state index contributed by atoms with van der Waals surface area (Å²) >= 11 is 0. The molecular formula is C14H25N3O2. The summed E-state index contributed by atoms with van der Waals surface area (Å²) in [6.07, 6.45) is 1.60. The molecular weight excluding hydrogens is 242 g/mol. The molecule has 1 aromatic rings. The molecule has 1 heterocycles. The predicted molar refractivity (Wildman–Crippen MR) is 75.2 cm³/mol. The van der Waals surface area contributed by atoms with Crippen LogP contribution in [-0.4, -0.2) is 29.2 Å². The molecule has 0 aromatic carbocycles. The second-order valence-corrected chi connectivity index (χ2v) is 5.72. The number of aromatic nitrogens is 1. The smallest absolute Gasteiger partial charge is 0.273 e. The standard InChI is InChI=1S/C14H25N3O2/c1-6-11-9-12(17-19-11)13(18)15-8-7-14(4,5)16-10(2)3/h9-10,16H,6-8H2,1-5H3,(H,15,18). The third kappa shape index (κ3) is 5.42. The Labute approximate surface area is 115 Å². The first kappa shape index (κ1) is 15.7. The van der Waals surface area contributed by atoms with E-state index in [1.807, 2.05) is 6.92 Å². The van der Waals surface area contributed by atoms with Gasteiger partial charge in [-0.3, -0.25) is 4.79 Å². The van der Waals surface area contributed by atoms with Gasteiger partial charge in [-0.2, -0.15) is 0 Å². The van der Waals surface area contributed by atoms with E-state index in [0.29, 0.717) is 18.3 Å². The maximum Gasteiger partial charge on any atom is 0.273 e. The summed E-state index contributed by atoms with van der Waals surface area (Å²) in [6, 6.07) is 2.11. The lowest BCUT2D eigenvalue weighted by Gasteiger charge is -2.28. The average molecular weight is 267 g/mol. The molecule has 108 valence electrons. The van der Waals surface area contributed by atoms with Crippen LogP contribution in [0.2, 0.25) is 0 Å². The van der Waals surface area contributed by atoms with E-state index in [2.05, 4.69) is 43.5 Å². The van der Waals surface area contributed by atoms with Gasteiger partial charge in [0.05, 0.1) is 0 Å². The van der Waals surface area contributed by atoms with Crippen molar-refractivity contribution >= 4 is 5.91 Å². The largest absolute Gasteiger partial charge is 0.361 e. The van der Waals surface area contributed by atoms with Crippen LogP contribution >= 0.6 is 0 Å². The minimum Gasteiger partial charge on any atom is -0.361 e. The number of rotatable bonds is 7. The molecule has 0 aliphatic rings. The molecule has 0 bridgehead atoms. The number of nitrogens with one attached hydrogen (secondary N) is 2. The molecule has 19 heavy (non-hydrogen) atoms. The Balaban J connectivity index is 2.38. The van der Waals surface area contributed by atoms with Crippen LogP contribution in [0, 0.1) is 0 Å². The Morgan fingerprint density at radius 3 is 2.68 bits per heavy atom. The highest BCUT2D eigenvalue weighted by molar-refractivity contribution is 5.92. The quantitative estimate of drug-likeness (QED) is 0.794. The summed E-state index contributed by atoms with van der Waals surface area (Å²) in [5.74, 6) is 0.552. The molecule has 0 radical (unpaired) electrons. The second kappa shape index (κ2) is 6.70. The van der Waals surface area contributed by atoms with Gasteiger partial charge in [-0.15, -0.1) is 0 Å². The highest BCUT2D eigenvalue weighted by atomic mass is 16.5. The topological polar surface area (TPSA) is 67.2 Å². The molecule has 0 atom stereocenters. The highest BCUT2D eigenvalue weighted by Gasteiger charge is 2.19. The number of carbonyl (C=O) groups is 1. The summed E-state index contributed by atoms with van der Waals surface area (Å²) in [5.41, 5.74) is 0.353. The third-order valence-corrected chi connectivity index (χ3v) is 2.86. The van der Waals surface area contributed by atoms with Crippen molar-refractivity contribution in [1.82, 2.24) is 15.8 Å². The molecule has 5 nitrogen and oxygen atoms in total. The summed E-state index contributed by atoms with van der Waals surface area (Å²) in [5, 5.41) is 10.1. The lowest BCUT2D eigenvalue weighted by molar-refractivity contribution is 0.0941. The van der Waals surface area contributed by atoms with Gasteiger partial charge in [0.15, 0.2) is 5.69 Å². The van der Waals surface area contributed by atoms with Gasteiger partial charge in [-0.1, -0.05) is 25.9 Å². The molecule has 1 amide bonds. The fourth-order valence-corrected chi connectivity index (χ4v) is 2.02. The number of hydrogen-bond donors (Lipinski definition) is 2. The van der Waals surface area contributed by atoms with Crippen LogP contribution in [-0.2, 0) is 6.42 Å². The molecule has 1 aromatic heterocycles. The van der Waals surface area contributed by atoms with E-state index >= 15 is 0 Å².